The second-order valence-corrected chi connectivity index (χ2v) is 9.72. The first-order valence-corrected chi connectivity index (χ1v) is 12.3. The van der Waals surface area contributed by atoms with Crippen molar-refractivity contribution in [3.05, 3.63) is 95.6 Å². The number of thiazole rings is 1. The number of carbonyl (C=O) groups is 3. The van der Waals surface area contributed by atoms with Gasteiger partial charge in [-0.1, -0.05) is 54.2 Å². The van der Waals surface area contributed by atoms with Gasteiger partial charge in [0.1, 0.15) is 6.54 Å². The normalized spacial score (nSPS) is 10.6. The topological polar surface area (TPSA) is 91.4 Å². The van der Waals surface area contributed by atoms with E-state index in [2.05, 4.69) is 21.9 Å². The van der Waals surface area contributed by atoms with Crippen molar-refractivity contribution in [2.24, 2.45) is 0 Å². The molecule has 0 bridgehead atoms. The van der Waals surface area contributed by atoms with Crippen molar-refractivity contribution < 1.29 is 14.4 Å². The average Bonchev–Trinajstić information content (AvgIpc) is 3.29. The molecule has 0 saturated heterocycles. The predicted molar refractivity (Wildman–Crippen MR) is 135 cm³/mol. The number of carbonyl (C=O) groups excluding carboxylic acids is 3. The summed E-state index contributed by atoms with van der Waals surface area (Å²) < 4.78 is 2.16. The van der Waals surface area contributed by atoms with E-state index in [4.69, 9.17) is 0 Å². The summed E-state index contributed by atoms with van der Waals surface area (Å²) in [5, 5.41) is 0. The standard InChI is InChI=1S/C25H22N4O3S2/c1-29(24(32)19-7-3-2-4-8-19)15-22(30)27-28-23(31)18-13-11-17(12-14-18)16-33-25-26-20-9-5-6-10-21(20)34-25/h2-14H,15-16H2,1H3,(H,27,30)(H,28,31). The van der Waals surface area contributed by atoms with Gasteiger partial charge in [0, 0.05) is 23.9 Å². The number of aromatic nitrogens is 1. The van der Waals surface area contributed by atoms with Crippen LogP contribution in [0.2, 0.25) is 0 Å². The van der Waals surface area contributed by atoms with Crippen LogP contribution in [0.25, 0.3) is 10.2 Å². The quantitative estimate of drug-likeness (QED) is 0.300. The maximum Gasteiger partial charge on any atom is 0.269 e. The van der Waals surface area contributed by atoms with Crippen molar-refractivity contribution in [1.29, 1.82) is 0 Å². The van der Waals surface area contributed by atoms with E-state index >= 15 is 0 Å². The summed E-state index contributed by atoms with van der Waals surface area (Å²) in [5.74, 6) is -0.471. The molecule has 4 aromatic rings. The molecule has 0 radical (unpaired) electrons. The molecule has 9 heteroatoms. The minimum absolute atomic E-state index is 0.185. The third kappa shape index (κ3) is 6.00. The molecule has 34 heavy (non-hydrogen) atoms. The van der Waals surface area contributed by atoms with Crippen LogP contribution in [0.15, 0.2) is 83.2 Å². The van der Waals surface area contributed by atoms with Crippen LogP contribution in [-0.2, 0) is 10.5 Å². The third-order valence-electron chi connectivity index (χ3n) is 4.92. The lowest BCUT2D eigenvalue weighted by atomic mass is 10.1. The number of hydrazine groups is 1. The van der Waals surface area contributed by atoms with Crippen LogP contribution in [0, 0.1) is 0 Å². The van der Waals surface area contributed by atoms with E-state index in [0.29, 0.717) is 11.1 Å². The van der Waals surface area contributed by atoms with E-state index in [1.807, 2.05) is 36.4 Å². The lowest BCUT2D eigenvalue weighted by Crippen LogP contribution is -2.46. The molecule has 0 aliphatic heterocycles. The average molecular weight is 491 g/mol. The zero-order valence-corrected chi connectivity index (χ0v) is 20.0. The van der Waals surface area contributed by atoms with Crippen LogP contribution in [0.1, 0.15) is 26.3 Å². The largest absolute Gasteiger partial charge is 0.332 e. The van der Waals surface area contributed by atoms with Gasteiger partial charge in [0.15, 0.2) is 4.34 Å². The van der Waals surface area contributed by atoms with E-state index in [1.54, 1.807) is 59.5 Å². The summed E-state index contributed by atoms with van der Waals surface area (Å²) in [7, 11) is 1.53. The number of nitrogens with zero attached hydrogens (tertiary/aromatic N) is 2. The molecular formula is C25H22N4O3S2. The number of likely N-dealkylation sites (N-methyl/N-ethyl adjacent to an activating group) is 1. The Bertz CT molecular complexity index is 1270. The summed E-state index contributed by atoms with van der Waals surface area (Å²) in [4.78, 5) is 42.7. The van der Waals surface area contributed by atoms with Crippen LogP contribution in [0.5, 0.6) is 0 Å². The third-order valence-corrected chi connectivity index (χ3v) is 7.17. The number of benzene rings is 3. The lowest BCUT2D eigenvalue weighted by molar-refractivity contribution is -0.122. The molecule has 0 atom stereocenters. The molecule has 0 fully saturated rings. The van der Waals surface area contributed by atoms with Crippen molar-refractivity contribution >= 4 is 51.0 Å². The molecule has 3 aromatic carbocycles. The summed E-state index contributed by atoms with van der Waals surface area (Å²) in [6.45, 7) is -0.185. The molecule has 2 N–H and O–H groups in total. The van der Waals surface area contributed by atoms with Crippen molar-refractivity contribution in [2.75, 3.05) is 13.6 Å². The second kappa shape index (κ2) is 11.0. The van der Waals surface area contributed by atoms with E-state index in [-0.39, 0.29) is 12.5 Å². The highest BCUT2D eigenvalue weighted by Gasteiger charge is 2.15. The lowest BCUT2D eigenvalue weighted by Gasteiger charge is -2.17. The van der Waals surface area contributed by atoms with Gasteiger partial charge < -0.3 is 4.90 Å². The van der Waals surface area contributed by atoms with E-state index in [1.165, 1.54) is 11.9 Å². The van der Waals surface area contributed by atoms with Gasteiger partial charge in [-0.25, -0.2) is 4.98 Å². The molecule has 3 amide bonds. The van der Waals surface area contributed by atoms with Crippen LogP contribution >= 0.6 is 23.1 Å². The number of rotatable bonds is 7. The minimum Gasteiger partial charge on any atom is -0.332 e. The fourth-order valence-electron chi connectivity index (χ4n) is 3.14. The first-order valence-electron chi connectivity index (χ1n) is 10.5. The molecule has 0 spiro atoms. The fourth-order valence-corrected chi connectivity index (χ4v) is 5.16. The van der Waals surface area contributed by atoms with Gasteiger partial charge >= 0.3 is 0 Å². The number of para-hydroxylation sites is 1. The maximum absolute atomic E-state index is 12.4. The monoisotopic (exact) mass is 490 g/mol. The first-order chi connectivity index (χ1) is 16.5. The van der Waals surface area contributed by atoms with Crippen LogP contribution in [0.4, 0.5) is 0 Å². The molecule has 0 saturated carbocycles. The molecule has 172 valence electrons. The van der Waals surface area contributed by atoms with Crippen molar-refractivity contribution in [1.82, 2.24) is 20.7 Å². The van der Waals surface area contributed by atoms with Gasteiger partial charge in [0.2, 0.25) is 0 Å². The highest BCUT2D eigenvalue weighted by molar-refractivity contribution is 8.00. The Morgan fingerprint density at radius 3 is 2.32 bits per heavy atom. The smallest absolute Gasteiger partial charge is 0.269 e. The zero-order valence-electron chi connectivity index (χ0n) is 18.4. The summed E-state index contributed by atoms with van der Waals surface area (Å²) in [5.41, 5.74) is 7.70. The Morgan fingerprint density at radius 2 is 1.59 bits per heavy atom. The van der Waals surface area contributed by atoms with Crippen LogP contribution < -0.4 is 10.9 Å². The summed E-state index contributed by atoms with van der Waals surface area (Å²) in [6, 6.07) is 23.9. The van der Waals surface area contributed by atoms with Crippen molar-refractivity contribution in [2.45, 2.75) is 10.1 Å². The van der Waals surface area contributed by atoms with Crippen molar-refractivity contribution in [3.63, 3.8) is 0 Å². The van der Waals surface area contributed by atoms with Gasteiger partial charge in [0.25, 0.3) is 17.7 Å². The number of fused-ring (bicyclic) bond motifs is 1. The van der Waals surface area contributed by atoms with Gasteiger partial charge in [-0.3, -0.25) is 25.2 Å². The van der Waals surface area contributed by atoms with E-state index < -0.39 is 11.8 Å². The fraction of sp³-hybridized carbons (Fsp3) is 0.120. The Labute approximate surface area is 205 Å². The Kier molecular flexibility index (Phi) is 7.56. The Hall–Kier alpha value is -3.69. The van der Waals surface area contributed by atoms with Crippen LogP contribution in [-0.4, -0.2) is 41.2 Å². The highest BCUT2D eigenvalue weighted by Crippen LogP contribution is 2.31. The number of amides is 3. The second-order valence-electron chi connectivity index (χ2n) is 7.46. The maximum atomic E-state index is 12.4. The van der Waals surface area contributed by atoms with E-state index in [9.17, 15) is 14.4 Å². The van der Waals surface area contributed by atoms with Gasteiger partial charge in [-0.15, -0.1) is 11.3 Å². The molecule has 1 heterocycles. The highest BCUT2D eigenvalue weighted by atomic mass is 32.2. The first kappa shape index (κ1) is 23.5. The molecule has 0 unspecified atom stereocenters. The number of thioether (sulfide) groups is 1. The molecular weight excluding hydrogens is 468 g/mol. The molecule has 7 nitrogen and oxygen atoms in total. The van der Waals surface area contributed by atoms with Crippen molar-refractivity contribution in [3.8, 4) is 0 Å². The minimum atomic E-state index is -0.496. The summed E-state index contributed by atoms with van der Waals surface area (Å²) in [6.07, 6.45) is 0. The number of hydrogen-bond donors (Lipinski definition) is 2. The molecule has 0 aliphatic rings. The summed E-state index contributed by atoms with van der Waals surface area (Å²) >= 11 is 3.31. The number of nitrogens with one attached hydrogen (secondary N) is 2. The molecule has 1 aromatic heterocycles. The number of hydrogen-bond acceptors (Lipinski definition) is 6. The van der Waals surface area contributed by atoms with E-state index in [0.717, 1.165) is 25.9 Å². The molecule has 4 rings (SSSR count). The zero-order chi connectivity index (χ0) is 23.9. The van der Waals surface area contributed by atoms with Gasteiger partial charge in [-0.05, 0) is 42.0 Å². The Balaban J connectivity index is 1.23. The molecule has 0 aliphatic carbocycles. The van der Waals surface area contributed by atoms with Crippen LogP contribution in [0.3, 0.4) is 0 Å². The van der Waals surface area contributed by atoms with Gasteiger partial charge in [-0.2, -0.15) is 0 Å². The Morgan fingerprint density at radius 1 is 0.882 bits per heavy atom. The predicted octanol–water partition coefficient (Wildman–Crippen LogP) is 4.12. The SMILES string of the molecule is CN(CC(=O)NNC(=O)c1ccc(CSc2nc3ccccc3s2)cc1)C(=O)c1ccccc1. The van der Waals surface area contributed by atoms with Gasteiger partial charge in [0.05, 0.1) is 10.2 Å².